The third-order valence-corrected chi connectivity index (χ3v) is 7.70. The summed E-state index contributed by atoms with van der Waals surface area (Å²) in [7, 11) is 4.86. The molecule has 2 heterocycles. The van der Waals surface area contributed by atoms with Crippen LogP contribution in [0.25, 0.3) is 22.4 Å². The second-order valence-corrected chi connectivity index (χ2v) is 10.6. The summed E-state index contributed by atoms with van der Waals surface area (Å²) in [5.41, 5.74) is 3.54. The fourth-order valence-corrected chi connectivity index (χ4v) is 5.42. The minimum absolute atomic E-state index is 0.194. The number of para-hydroxylation sites is 1. The van der Waals surface area contributed by atoms with Gasteiger partial charge in [-0.15, -0.1) is 0 Å². The zero-order chi connectivity index (χ0) is 29.1. The zero-order valence-corrected chi connectivity index (χ0v) is 24.2. The van der Waals surface area contributed by atoms with Gasteiger partial charge in [0, 0.05) is 6.54 Å². The Morgan fingerprint density at radius 3 is 2.41 bits per heavy atom. The number of benzene rings is 3. The number of nitrogens with zero attached hydrogens (tertiary/aromatic N) is 2. The molecule has 0 fully saturated rings. The first-order valence-corrected chi connectivity index (χ1v) is 13.7. The molecule has 4 aromatic rings. The SMILES string of the molecule is COc1ccc(CCNCCCN2C(=O)c3c(ccc4[nH]c(-c5ccccc5OC)nc34)C(C)(C)C2=O)cc1OC. The van der Waals surface area contributed by atoms with Crippen LogP contribution < -0.4 is 19.5 Å². The number of aromatic amines is 1. The lowest BCUT2D eigenvalue weighted by Crippen LogP contribution is -2.52. The Balaban J connectivity index is 1.29. The van der Waals surface area contributed by atoms with Gasteiger partial charge in [-0.3, -0.25) is 14.5 Å². The van der Waals surface area contributed by atoms with Crippen LogP contribution in [-0.4, -0.2) is 67.6 Å². The number of carbonyl (C=O) groups is 2. The molecule has 2 N–H and O–H groups in total. The van der Waals surface area contributed by atoms with Gasteiger partial charge in [0.2, 0.25) is 5.91 Å². The molecule has 0 saturated heterocycles. The summed E-state index contributed by atoms with van der Waals surface area (Å²) in [6, 6.07) is 17.2. The standard InChI is InChI=1S/C32H36N4O5/c1-32(2)22-12-13-23-28(35-29(34-23)21-9-6-7-10-24(21)39-3)27(22)30(37)36(31(32)38)18-8-16-33-17-15-20-11-14-25(40-4)26(19-20)41-5/h6-7,9-14,19,33H,8,15-18H2,1-5H3,(H,34,35). The number of carbonyl (C=O) groups excluding carboxylic acids is 2. The third-order valence-electron chi connectivity index (χ3n) is 7.70. The van der Waals surface area contributed by atoms with Gasteiger partial charge in [-0.05, 0) is 81.2 Å². The van der Waals surface area contributed by atoms with Crippen LogP contribution in [0.5, 0.6) is 17.2 Å². The van der Waals surface area contributed by atoms with Crippen molar-refractivity contribution in [2.24, 2.45) is 0 Å². The lowest BCUT2D eigenvalue weighted by Gasteiger charge is -2.37. The van der Waals surface area contributed by atoms with E-state index in [0.29, 0.717) is 59.2 Å². The molecule has 1 aliphatic heterocycles. The van der Waals surface area contributed by atoms with Gasteiger partial charge in [0.25, 0.3) is 5.91 Å². The van der Waals surface area contributed by atoms with Gasteiger partial charge in [-0.2, -0.15) is 0 Å². The van der Waals surface area contributed by atoms with E-state index in [1.807, 2.05) is 68.4 Å². The average Bonchev–Trinajstić information content (AvgIpc) is 3.43. The van der Waals surface area contributed by atoms with Gasteiger partial charge in [-0.25, -0.2) is 4.98 Å². The maximum atomic E-state index is 13.8. The van der Waals surface area contributed by atoms with Crippen molar-refractivity contribution in [2.75, 3.05) is 41.0 Å². The molecule has 2 amide bonds. The van der Waals surface area contributed by atoms with Crippen molar-refractivity contribution in [2.45, 2.75) is 32.1 Å². The highest BCUT2D eigenvalue weighted by molar-refractivity contribution is 6.18. The highest BCUT2D eigenvalue weighted by atomic mass is 16.5. The maximum Gasteiger partial charge on any atom is 0.263 e. The van der Waals surface area contributed by atoms with Crippen molar-refractivity contribution in [3.63, 3.8) is 0 Å². The van der Waals surface area contributed by atoms with Gasteiger partial charge in [0.05, 0.1) is 43.4 Å². The summed E-state index contributed by atoms with van der Waals surface area (Å²) in [6.45, 7) is 5.49. The van der Waals surface area contributed by atoms with Crippen molar-refractivity contribution in [1.82, 2.24) is 20.2 Å². The van der Waals surface area contributed by atoms with E-state index in [1.54, 1.807) is 21.3 Å². The van der Waals surface area contributed by atoms with Gasteiger partial charge in [0.15, 0.2) is 11.5 Å². The summed E-state index contributed by atoms with van der Waals surface area (Å²) in [5.74, 6) is 2.20. The van der Waals surface area contributed by atoms with Gasteiger partial charge < -0.3 is 24.5 Å². The number of methoxy groups -OCH3 is 3. The predicted octanol–water partition coefficient (Wildman–Crippen LogP) is 4.74. The molecular formula is C32H36N4O5. The largest absolute Gasteiger partial charge is 0.496 e. The van der Waals surface area contributed by atoms with E-state index in [9.17, 15) is 9.59 Å². The normalized spacial score (nSPS) is 14.3. The van der Waals surface area contributed by atoms with Crippen molar-refractivity contribution in [1.29, 1.82) is 0 Å². The summed E-state index contributed by atoms with van der Waals surface area (Å²) in [6.07, 6.45) is 1.45. The number of nitrogens with one attached hydrogen (secondary N) is 2. The topological polar surface area (TPSA) is 106 Å². The van der Waals surface area contributed by atoms with Crippen molar-refractivity contribution >= 4 is 22.8 Å². The Morgan fingerprint density at radius 2 is 1.66 bits per heavy atom. The van der Waals surface area contributed by atoms with Crippen LogP contribution in [0.15, 0.2) is 54.6 Å². The highest BCUT2D eigenvalue weighted by Gasteiger charge is 2.45. The molecule has 41 heavy (non-hydrogen) atoms. The molecule has 0 bridgehead atoms. The minimum Gasteiger partial charge on any atom is -0.496 e. The Bertz CT molecular complexity index is 1590. The number of H-pyrrole nitrogens is 1. The van der Waals surface area contributed by atoms with Gasteiger partial charge in [0.1, 0.15) is 17.1 Å². The number of rotatable bonds is 11. The Hall–Kier alpha value is -4.37. The molecule has 9 heteroatoms. The second kappa shape index (κ2) is 11.6. The molecule has 9 nitrogen and oxygen atoms in total. The fraction of sp³-hybridized carbons (Fsp3) is 0.344. The maximum absolute atomic E-state index is 13.8. The quantitative estimate of drug-likeness (QED) is 0.203. The Morgan fingerprint density at radius 1 is 0.902 bits per heavy atom. The first kappa shape index (κ1) is 28.2. The van der Waals surface area contributed by atoms with Gasteiger partial charge >= 0.3 is 0 Å². The number of fused-ring (bicyclic) bond motifs is 3. The van der Waals surface area contributed by atoms with E-state index >= 15 is 0 Å². The fourth-order valence-electron chi connectivity index (χ4n) is 5.42. The van der Waals surface area contributed by atoms with E-state index < -0.39 is 5.41 Å². The molecule has 0 unspecified atom stereocenters. The molecule has 0 radical (unpaired) electrons. The van der Waals surface area contributed by atoms with Crippen LogP contribution in [-0.2, 0) is 16.6 Å². The van der Waals surface area contributed by atoms with Crippen LogP contribution in [0.1, 0.15) is 41.8 Å². The number of ether oxygens (including phenoxy) is 3. The molecule has 3 aromatic carbocycles. The first-order chi connectivity index (χ1) is 19.8. The van der Waals surface area contributed by atoms with E-state index in [2.05, 4.69) is 10.3 Å². The number of aromatic nitrogens is 2. The number of hydrogen-bond acceptors (Lipinski definition) is 7. The molecule has 0 aliphatic carbocycles. The highest BCUT2D eigenvalue weighted by Crippen LogP contribution is 2.39. The zero-order valence-electron chi connectivity index (χ0n) is 24.2. The Labute approximate surface area is 239 Å². The van der Waals surface area contributed by atoms with Crippen molar-refractivity contribution in [3.8, 4) is 28.6 Å². The molecule has 1 aromatic heterocycles. The average molecular weight is 557 g/mol. The van der Waals surface area contributed by atoms with Crippen LogP contribution >= 0.6 is 0 Å². The summed E-state index contributed by atoms with van der Waals surface area (Å²) < 4.78 is 16.2. The molecule has 1 aliphatic rings. The summed E-state index contributed by atoms with van der Waals surface area (Å²) in [4.78, 5) is 36.8. The lowest BCUT2D eigenvalue weighted by atomic mass is 9.76. The molecule has 5 rings (SSSR count). The summed E-state index contributed by atoms with van der Waals surface area (Å²) in [5, 5.41) is 3.42. The number of amides is 2. The van der Waals surface area contributed by atoms with Crippen molar-refractivity contribution in [3.05, 3.63) is 71.3 Å². The summed E-state index contributed by atoms with van der Waals surface area (Å²) >= 11 is 0. The second-order valence-electron chi connectivity index (χ2n) is 10.6. The first-order valence-electron chi connectivity index (χ1n) is 13.7. The number of hydrogen-bond donors (Lipinski definition) is 2. The molecular weight excluding hydrogens is 520 g/mol. The van der Waals surface area contributed by atoms with E-state index in [4.69, 9.17) is 19.2 Å². The van der Waals surface area contributed by atoms with Crippen molar-refractivity contribution < 1.29 is 23.8 Å². The van der Waals surface area contributed by atoms with Crippen LogP contribution in [0.4, 0.5) is 0 Å². The van der Waals surface area contributed by atoms with Gasteiger partial charge in [-0.1, -0.05) is 24.3 Å². The number of imidazole rings is 1. The van der Waals surface area contributed by atoms with E-state index in [-0.39, 0.29) is 11.8 Å². The van der Waals surface area contributed by atoms with E-state index in [1.165, 1.54) is 4.90 Å². The molecule has 0 atom stereocenters. The lowest BCUT2D eigenvalue weighted by molar-refractivity contribution is -0.134. The smallest absolute Gasteiger partial charge is 0.263 e. The van der Waals surface area contributed by atoms with Crippen LogP contribution in [0, 0.1) is 0 Å². The third kappa shape index (κ3) is 5.25. The Kier molecular flexibility index (Phi) is 7.99. The van der Waals surface area contributed by atoms with E-state index in [0.717, 1.165) is 29.6 Å². The predicted molar refractivity (Wildman–Crippen MR) is 158 cm³/mol. The van der Waals surface area contributed by atoms with Crippen LogP contribution in [0.2, 0.25) is 0 Å². The number of imide groups is 1. The monoisotopic (exact) mass is 556 g/mol. The van der Waals surface area contributed by atoms with Crippen LogP contribution in [0.3, 0.4) is 0 Å². The molecule has 0 saturated carbocycles. The minimum atomic E-state index is -0.859. The molecule has 214 valence electrons. The molecule has 0 spiro atoms.